The Morgan fingerprint density at radius 3 is 2.30 bits per heavy atom. The lowest BCUT2D eigenvalue weighted by atomic mass is 10.1. The van der Waals surface area contributed by atoms with Gasteiger partial charge >= 0.3 is 0 Å². The summed E-state index contributed by atoms with van der Waals surface area (Å²) in [7, 11) is 4.01. The van der Waals surface area contributed by atoms with Crippen LogP contribution in [0, 0.1) is 0 Å². The summed E-state index contributed by atoms with van der Waals surface area (Å²) in [4.78, 5) is 15.7. The molecular weight excluding hydrogens is 396 g/mol. The smallest absolute Gasteiger partial charge is 0.262 e. The van der Waals surface area contributed by atoms with E-state index in [-0.39, 0.29) is 5.91 Å². The molecule has 0 bridgehead atoms. The van der Waals surface area contributed by atoms with Gasteiger partial charge < -0.3 is 9.64 Å². The summed E-state index contributed by atoms with van der Waals surface area (Å²) < 4.78 is 7.98. The SMILES string of the molecule is CN(C)CCOc1c(-c2ccccc2)n(C(=O)c2ccccc2)c2cc(Cl)ccc12. The number of carbonyl (C=O) groups is 1. The second-order valence-corrected chi connectivity index (χ2v) is 7.80. The van der Waals surface area contributed by atoms with Crippen molar-refractivity contribution in [2.75, 3.05) is 27.2 Å². The number of benzene rings is 3. The first-order valence-corrected chi connectivity index (χ1v) is 10.2. The summed E-state index contributed by atoms with van der Waals surface area (Å²) >= 11 is 6.32. The van der Waals surface area contributed by atoms with Crippen LogP contribution in [0.1, 0.15) is 10.4 Å². The van der Waals surface area contributed by atoms with Crippen LogP contribution in [0.2, 0.25) is 5.02 Å². The Balaban J connectivity index is 1.98. The van der Waals surface area contributed by atoms with E-state index >= 15 is 0 Å². The van der Waals surface area contributed by atoms with Gasteiger partial charge in [0.1, 0.15) is 6.61 Å². The largest absolute Gasteiger partial charge is 0.489 e. The molecule has 30 heavy (non-hydrogen) atoms. The van der Waals surface area contributed by atoms with E-state index in [9.17, 15) is 4.79 Å². The Morgan fingerprint density at radius 1 is 0.967 bits per heavy atom. The minimum atomic E-state index is -0.121. The Bertz CT molecular complexity index is 1170. The molecule has 0 fully saturated rings. The van der Waals surface area contributed by atoms with E-state index < -0.39 is 0 Å². The first-order valence-electron chi connectivity index (χ1n) is 9.83. The number of aromatic nitrogens is 1. The molecule has 0 amide bonds. The molecule has 5 heteroatoms. The standard InChI is InChI=1S/C25H23ClN2O2/c1-27(2)15-16-30-24-21-14-13-20(26)17-22(21)28(23(24)18-9-5-3-6-10-18)25(29)19-11-7-4-8-12-19/h3-14,17H,15-16H2,1-2H3. The van der Waals surface area contributed by atoms with Gasteiger partial charge in [0.05, 0.1) is 11.2 Å². The van der Waals surface area contributed by atoms with Crippen LogP contribution >= 0.6 is 11.6 Å². The maximum atomic E-state index is 13.6. The van der Waals surface area contributed by atoms with E-state index in [1.165, 1.54) is 0 Å². The van der Waals surface area contributed by atoms with Crippen molar-refractivity contribution in [1.29, 1.82) is 0 Å². The Labute approximate surface area is 181 Å². The molecule has 0 aliphatic carbocycles. The number of halogens is 1. The summed E-state index contributed by atoms with van der Waals surface area (Å²) in [5.41, 5.74) is 2.98. The van der Waals surface area contributed by atoms with Gasteiger partial charge in [-0.1, -0.05) is 60.1 Å². The summed E-state index contributed by atoms with van der Waals surface area (Å²) in [5, 5.41) is 1.43. The molecule has 3 aromatic carbocycles. The zero-order valence-electron chi connectivity index (χ0n) is 17.0. The third-order valence-corrected chi connectivity index (χ3v) is 5.18. The van der Waals surface area contributed by atoms with Gasteiger partial charge in [0.15, 0.2) is 5.75 Å². The van der Waals surface area contributed by atoms with Gasteiger partial charge in [-0.3, -0.25) is 9.36 Å². The highest BCUT2D eigenvalue weighted by atomic mass is 35.5. The van der Waals surface area contributed by atoms with E-state index in [2.05, 4.69) is 4.90 Å². The van der Waals surface area contributed by atoms with Crippen LogP contribution in [0.5, 0.6) is 5.75 Å². The van der Waals surface area contributed by atoms with Crippen LogP contribution in [-0.4, -0.2) is 42.6 Å². The highest BCUT2D eigenvalue weighted by Gasteiger charge is 2.25. The fourth-order valence-electron chi connectivity index (χ4n) is 3.48. The second kappa shape index (κ2) is 8.74. The van der Waals surface area contributed by atoms with Crippen molar-refractivity contribution in [3.8, 4) is 17.0 Å². The lowest BCUT2D eigenvalue weighted by molar-refractivity contribution is 0.0966. The first-order chi connectivity index (χ1) is 14.6. The topological polar surface area (TPSA) is 34.5 Å². The lowest BCUT2D eigenvalue weighted by Crippen LogP contribution is -2.19. The molecule has 0 aliphatic rings. The van der Waals surface area contributed by atoms with E-state index in [1.54, 1.807) is 4.57 Å². The van der Waals surface area contributed by atoms with E-state index in [0.29, 0.717) is 22.9 Å². The Morgan fingerprint density at radius 2 is 1.63 bits per heavy atom. The molecule has 1 heterocycles. The number of fused-ring (bicyclic) bond motifs is 1. The molecule has 0 spiro atoms. The van der Waals surface area contributed by atoms with Crippen molar-refractivity contribution in [3.63, 3.8) is 0 Å². The van der Waals surface area contributed by atoms with Gasteiger partial charge in [-0.05, 0) is 44.4 Å². The van der Waals surface area contributed by atoms with Crippen molar-refractivity contribution in [2.45, 2.75) is 0 Å². The predicted octanol–water partition coefficient (Wildman–Crippen LogP) is 5.59. The number of hydrogen-bond acceptors (Lipinski definition) is 3. The predicted molar refractivity (Wildman–Crippen MR) is 123 cm³/mol. The van der Waals surface area contributed by atoms with Crippen LogP contribution in [0.15, 0.2) is 78.9 Å². The molecule has 152 valence electrons. The third kappa shape index (κ3) is 3.97. The van der Waals surface area contributed by atoms with E-state index in [1.807, 2.05) is 93.0 Å². The summed E-state index contributed by atoms with van der Waals surface area (Å²) in [6, 6.07) is 24.7. The van der Waals surface area contributed by atoms with Gasteiger partial charge in [-0.2, -0.15) is 0 Å². The van der Waals surface area contributed by atoms with Crippen molar-refractivity contribution in [2.24, 2.45) is 0 Å². The molecular formula is C25H23ClN2O2. The number of likely N-dealkylation sites (N-methyl/N-ethyl adjacent to an activating group) is 1. The van der Waals surface area contributed by atoms with E-state index in [0.717, 1.165) is 28.7 Å². The van der Waals surface area contributed by atoms with Gasteiger partial charge in [0.2, 0.25) is 0 Å². The summed E-state index contributed by atoms with van der Waals surface area (Å²) in [6.45, 7) is 1.27. The zero-order chi connectivity index (χ0) is 21.1. The molecule has 0 aliphatic heterocycles. The average Bonchev–Trinajstić information content (AvgIpc) is 3.07. The highest BCUT2D eigenvalue weighted by Crippen LogP contribution is 2.41. The molecule has 0 saturated carbocycles. The molecule has 0 radical (unpaired) electrons. The minimum Gasteiger partial charge on any atom is -0.489 e. The molecule has 4 aromatic rings. The average molecular weight is 419 g/mol. The highest BCUT2D eigenvalue weighted by molar-refractivity contribution is 6.31. The zero-order valence-corrected chi connectivity index (χ0v) is 17.8. The van der Waals surface area contributed by atoms with Gasteiger partial charge in [0, 0.05) is 28.1 Å². The maximum Gasteiger partial charge on any atom is 0.262 e. The molecule has 0 saturated heterocycles. The van der Waals surface area contributed by atoms with Crippen LogP contribution < -0.4 is 4.74 Å². The second-order valence-electron chi connectivity index (χ2n) is 7.36. The monoisotopic (exact) mass is 418 g/mol. The van der Waals surface area contributed by atoms with E-state index in [4.69, 9.17) is 16.3 Å². The number of nitrogens with zero attached hydrogens (tertiary/aromatic N) is 2. The van der Waals surface area contributed by atoms with Crippen molar-refractivity contribution in [3.05, 3.63) is 89.4 Å². The quantitative estimate of drug-likeness (QED) is 0.409. The van der Waals surface area contributed by atoms with Crippen LogP contribution in [0.4, 0.5) is 0 Å². The van der Waals surface area contributed by atoms with Crippen LogP contribution in [0.25, 0.3) is 22.2 Å². The fourth-order valence-corrected chi connectivity index (χ4v) is 3.65. The van der Waals surface area contributed by atoms with Crippen LogP contribution in [0.3, 0.4) is 0 Å². The first kappa shape index (κ1) is 20.2. The Hall–Kier alpha value is -3.08. The van der Waals surface area contributed by atoms with Crippen molar-refractivity contribution < 1.29 is 9.53 Å². The number of rotatable bonds is 6. The molecule has 1 aromatic heterocycles. The van der Waals surface area contributed by atoms with Crippen LogP contribution in [-0.2, 0) is 0 Å². The minimum absolute atomic E-state index is 0.121. The van der Waals surface area contributed by atoms with Gasteiger partial charge in [0.25, 0.3) is 5.91 Å². The van der Waals surface area contributed by atoms with Crippen molar-refractivity contribution >= 4 is 28.4 Å². The number of carbonyl (C=O) groups excluding carboxylic acids is 1. The molecule has 0 atom stereocenters. The molecule has 0 N–H and O–H groups in total. The van der Waals surface area contributed by atoms with Gasteiger partial charge in [-0.25, -0.2) is 0 Å². The third-order valence-electron chi connectivity index (χ3n) is 4.94. The lowest BCUT2D eigenvalue weighted by Gasteiger charge is -2.14. The molecule has 4 nitrogen and oxygen atoms in total. The molecule has 4 rings (SSSR count). The maximum absolute atomic E-state index is 13.6. The number of ether oxygens (including phenoxy) is 1. The summed E-state index contributed by atoms with van der Waals surface area (Å²) in [5.74, 6) is 0.572. The normalized spacial score (nSPS) is 11.2. The molecule has 0 unspecified atom stereocenters. The van der Waals surface area contributed by atoms with Gasteiger partial charge in [-0.15, -0.1) is 0 Å². The van der Waals surface area contributed by atoms with Crippen molar-refractivity contribution in [1.82, 2.24) is 9.47 Å². The summed E-state index contributed by atoms with van der Waals surface area (Å²) in [6.07, 6.45) is 0. The number of hydrogen-bond donors (Lipinski definition) is 0. The Kier molecular flexibility index (Phi) is 5.88. The fraction of sp³-hybridized carbons (Fsp3) is 0.160.